The van der Waals surface area contributed by atoms with Gasteiger partial charge in [-0.05, 0) is 31.4 Å². The number of nitrogens with zero attached hydrogens (tertiary/aromatic N) is 4. The van der Waals surface area contributed by atoms with Crippen LogP contribution in [0.25, 0.3) is 0 Å². The molecule has 0 radical (unpaired) electrons. The summed E-state index contributed by atoms with van der Waals surface area (Å²) in [4.78, 5) is 15.4. The maximum absolute atomic E-state index is 6.02. The monoisotopic (exact) mass is 355 g/mol. The first kappa shape index (κ1) is 17.2. The summed E-state index contributed by atoms with van der Waals surface area (Å²) in [5.74, 6) is 1.60. The van der Waals surface area contributed by atoms with Crippen molar-refractivity contribution in [1.82, 2.24) is 15.0 Å². The zero-order chi connectivity index (χ0) is 17.8. The summed E-state index contributed by atoms with van der Waals surface area (Å²) in [5.41, 5.74) is 7.92. The Morgan fingerprint density at radius 2 is 2.08 bits per heavy atom. The summed E-state index contributed by atoms with van der Waals surface area (Å²) >= 11 is 0. The molecule has 0 saturated carbocycles. The second kappa shape index (κ2) is 7.97. The molecule has 2 N–H and O–H groups in total. The van der Waals surface area contributed by atoms with Crippen LogP contribution in [0.5, 0.6) is 0 Å². The third-order valence-corrected chi connectivity index (χ3v) is 5.06. The topological polar surface area (TPSA) is 86.4 Å². The minimum atomic E-state index is 0.259. The predicted octanol–water partition coefficient (Wildman–Crippen LogP) is 2.14. The number of hydrogen-bond donors (Lipinski definition) is 1. The second-order valence-electron chi connectivity index (χ2n) is 6.89. The van der Waals surface area contributed by atoms with Crippen LogP contribution in [0.4, 0.5) is 11.8 Å². The third kappa shape index (κ3) is 4.11. The van der Waals surface area contributed by atoms with Crippen LogP contribution in [-0.2, 0) is 16.1 Å². The quantitative estimate of drug-likeness (QED) is 0.879. The molecule has 0 aromatic carbocycles. The molecule has 7 nitrogen and oxygen atoms in total. The molecule has 0 aliphatic carbocycles. The van der Waals surface area contributed by atoms with Crippen LogP contribution >= 0.6 is 0 Å². The number of nitrogen functional groups attached to an aromatic ring is 1. The van der Waals surface area contributed by atoms with E-state index in [1.807, 2.05) is 18.2 Å². The van der Waals surface area contributed by atoms with Gasteiger partial charge in [0.05, 0.1) is 30.7 Å². The second-order valence-corrected chi connectivity index (χ2v) is 6.89. The summed E-state index contributed by atoms with van der Waals surface area (Å²) in [7, 11) is 0. The maximum atomic E-state index is 6.02. The van der Waals surface area contributed by atoms with Crippen molar-refractivity contribution in [2.75, 3.05) is 36.9 Å². The van der Waals surface area contributed by atoms with Gasteiger partial charge in [-0.15, -0.1) is 0 Å². The number of anilines is 2. The Labute approximate surface area is 153 Å². The number of piperidine rings is 1. The van der Waals surface area contributed by atoms with Gasteiger partial charge in [0.25, 0.3) is 0 Å². The van der Waals surface area contributed by atoms with Gasteiger partial charge >= 0.3 is 0 Å². The average molecular weight is 355 g/mol. The molecular weight excluding hydrogens is 330 g/mol. The molecule has 2 aromatic heterocycles. The fourth-order valence-corrected chi connectivity index (χ4v) is 3.55. The Bertz CT molecular complexity index is 713. The number of ether oxygens (including phenoxy) is 2. The van der Waals surface area contributed by atoms with Gasteiger partial charge in [0.1, 0.15) is 5.82 Å². The molecule has 1 atom stereocenters. The van der Waals surface area contributed by atoms with Crippen LogP contribution in [0, 0.1) is 0 Å². The average Bonchev–Trinajstić information content (AvgIpc) is 3.22. The molecule has 0 amide bonds. The molecule has 4 rings (SSSR count). The molecule has 0 unspecified atom stereocenters. The SMILES string of the molecule is Nc1nc([C@@H]2CCOC2)cc(N2CCC(OCc3ccccn3)CC2)n1. The van der Waals surface area contributed by atoms with E-state index >= 15 is 0 Å². The summed E-state index contributed by atoms with van der Waals surface area (Å²) < 4.78 is 11.5. The molecule has 0 bridgehead atoms. The number of aromatic nitrogens is 3. The van der Waals surface area contributed by atoms with Crippen LogP contribution in [0.2, 0.25) is 0 Å². The normalized spacial score (nSPS) is 21.2. The van der Waals surface area contributed by atoms with Gasteiger partial charge in [0.2, 0.25) is 5.95 Å². The Morgan fingerprint density at radius 1 is 1.19 bits per heavy atom. The smallest absolute Gasteiger partial charge is 0.222 e. The zero-order valence-electron chi connectivity index (χ0n) is 14.9. The standard InChI is InChI=1S/C19H25N5O2/c20-19-22-17(14-6-10-25-12-14)11-18(23-19)24-8-4-16(5-9-24)26-13-15-3-1-2-7-21-15/h1-3,7,11,14,16H,4-6,8-10,12-13H2,(H2,20,22,23)/t14-/m1/s1. The summed E-state index contributed by atoms with van der Waals surface area (Å²) in [6.45, 7) is 3.90. The van der Waals surface area contributed by atoms with Gasteiger partial charge < -0.3 is 20.1 Å². The fourth-order valence-electron chi connectivity index (χ4n) is 3.55. The summed E-state index contributed by atoms with van der Waals surface area (Å²) in [5, 5.41) is 0. The van der Waals surface area contributed by atoms with Crippen molar-refractivity contribution >= 4 is 11.8 Å². The van der Waals surface area contributed by atoms with Crippen molar-refractivity contribution in [2.24, 2.45) is 0 Å². The van der Waals surface area contributed by atoms with Crippen molar-refractivity contribution in [3.05, 3.63) is 41.9 Å². The molecule has 2 saturated heterocycles. The molecule has 138 valence electrons. The fraction of sp³-hybridized carbons (Fsp3) is 0.526. The van der Waals surface area contributed by atoms with Crippen LogP contribution in [0.3, 0.4) is 0 Å². The molecule has 7 heteroatoms. The largest absolute Gasteiger partial charge is 0.381 e. The molecule has 2 fully saturated rings. The predicted molar refractivity (Wildman–Crippen MR) is 98.9 cm³/mol. The van der Waals surface area contributed by atoms with E-state index in [4.69, 9.17) is 15.2 Å². The first-order valence-corrected chi connectivity index (χ1v) is 9.26. The van der Waals surface area contributed by atoms with Gasteiger partial charge in [0.15, 0.2) is 0 Å². The maximum Gasteiger partial charge on any atom is 0.222 e. The van der Waals surface area contributed by atoms with E-state index in [0.717, 1.165) is 62.8 Å². The number of hydrogen-bond acceptors (Lipinski definition) is 7. The number of rotatable bonds is 5. The lowest BCUT2D eigenvalue weighted by molar-refractivity contribution is 0.0234. The van der Waals surface area contributed by atoms with Crippen LogP contribution in [0.1, 0.15) is 36.6 Å². The number of pyridine rings is 1. The molecule has 2 aromatic rings. The van der Waals surface area contributed by atoms with Gasteiger partial charge in [-0.25, -0.2) is 4.98 Å². The van der Waals surface area contributed by atoms with Gasteiger partial charge in [-0.3, -0.25) is 4.98 Å². The van der Waals surface area contributed by atoms with Gasteiger partial charge in [0, 0.05) is 37.9 Å². The molecule has 2 aliphatic rings. The van der Waals surface area contributed by atoms with E-state index in [1.165, 1.54) is 0 Å². The van der Waals surface area contributed by atoms with E-state index in [2.05, 4.69) is 25.9 Å². The van der Waals surface area contributed by atoms with Crippen molar-refractivity contribution in [2.45, 2.75) is 37.9 Å². The highest BCUT2D eigenvalue weighted by Gasteiger charge is 2.24. The van der Waals surface area contributed by atoms with E-state index in [1.54, 1.807) is 6.20 Å². The highest BCUT2D eigenvalue weighted by molar-refractivity contribution is 5.44. The summed E-state index contributed by atoms with van der Waals surface area (Å²) in [6.07, 6.45) is 5.00. The molecule has 0 spiro atoms. The molecule has 2 aliphatic heterocycles. The highest BCUT2D eigenvalue weighted by atomic mass is 16.5. The van der Waals surface area contributed by atoms with E-state index < -0.39 is 0 Å². The van der Waals surface area contributed by atoms with E-state index in [9.17, 15) is 0 Å². The van der Waals surface area contributed by atoms with Crippen LogP contribution in [-0.4, -0.2) is 47.4 Å². The Hall–Kier alpha value is -2.25. The minimum absolute atomic E-state index is 0.259. The third-order valence-electron chi connectivity index (χ3n) is 5.06. The Morgan fingerprint density at radius 3 is 2.81 bits per heavy atom. The van der Waals surface area contributed by atoms with Gasteiger partial charge in [-0.2, -0.15) is 4.98 Å². The first-order chi connectivity index (χ1) is 12.8. The van der Waals surface area contributed by atoms with Crippen LogP contribution in [0.15, 0.2) is 30.5 Å². The minimum Gasteiger partial charge on any atom is -0.381 e. The lowest BCUT2D eigenvalue weighted by atomic mass is 10.0. The summed E-state index contributed by atoms with van der Waals surface area (Å²) in [6, 6.07) is 7.97. The molecule has 26 heavy (non-hydrogen) atoms. The molecule has 4 heterocycles. The van der Waals surface area contributed by atoms with Gasteiger partial charge in [-0.1, -0.05) is 6.07 Å². The lowest BCUT2D eigenvalue weighted by Gasteiger charge is -2.33. The van der Waals surface area contributed by atoms with Crippen molar-refractivity contribution in [3.63, 3.8) is 0 Å². The van der Waals surface area contributed by atoms with E-state index in [0.29, 0.717) is 18.5 Å². The van der Waals surface area contributed by atoms with Crippen LogP contribution < -0.4 is 10.6 Å². The zero-order valence-corrected chi connectivity index (χ0v) is 14.9. The van der Waals surface area contributed by atoms with E-state index in [-0.39, 0.29) is 6.10 Å². The highest BCUT2D eigenvalue weighted by Crippen LogP contribution is 2.28. The molecular formula is C19H25N5O2. The Balaban J connectivity index is 1.34. The number of nitrogens with two attached hydrogens (primary N) is 1. The Kier molecular flexibility index (Phi) is 5.26. The first-order valence-electron chi connectivity index (χ1n) is 9.26. The van der Waals surface area contributed by atoms with Crippen molar-refractivity contribution in [3.8, 4) is 0 Å². The lowest BCUT2D eigenvalue weighted by Crippen LogP contribution is -2.37. The van der Waals surface area contributed by atoms with Crippen molar-refractivity contribution < 1.29 is 9.47 Å². The van der Waals surface area contributed by atoms with Crippen molar-refractivity contribution in [1.29, 1.82) is 0 Å².